The number of hydrogen-bond donors (Lipinski definition) is 1. The van der Waals surface area contributed by atoms with Crippen molar-refractivity contribution in [1.82, 2.24) is 25.2 Å². The third-order valence-electron chi connectivity index (χ3n) is 4.40. The van der Waals surface area contributed by atoms with Gasteiger partial charge in [-0.1, -0.05) is 5.16 Å². The summed E-state index contributed by atoms with van der Waals surface area (Å²) in [6, 6.07) is 4.22. The Balaban J connectivity index is 1.70. The molecule has 0 aliphatic carbocycles. The fraction of sp³-hybridized carbons (Fsp3) is 0.375. The normalized spacial score (nSPS) is 18.2. The molecule has 1 aliphatic heterocycles. The zero-order valence-electron chi connectivity index (χ0n) is 13.1. The second-order valence-corrected chi connectivity index (χ2v) is 5.99. The van der Waals surface area contributed by atoms with Gasteiger partial charge >= 0.3 is 0 Å². The first-order valence-electron chi connectivity index (χ1n) is 7.89. The molecule has 0 spiro atoms. The number of nitrogens with one attached hydrogen (secondary N) is 1. The zero-order valence-corrected chi connectivity index (χ0v) is 13.1. The van der Waals surface area contributed by atoms with Crippen molar-refractivity contribution < 1.29 is 13.8 Å². The Morgan fingerprint density at radius 1 is 1.38 bits per heavy atom. The molecule has 3 aromatic rings. The molecular weight excluding hydrogens is 313 g/mol. The first-order valence-corrected chi connectivity index (χ1v) is 7.89. The molecule has 7 nitrogen and oxygen atoms in total. The molecule has 24 heavy (non-hydrogen) atoms. The largest absolute Gasteiger partial charge is 0.340 e. The highest BCUT2D eigenvalue weighted by atomic mass is 19.1. The molecule has 1 fully saturated rings. The van der Waals surface area contributed by atoms with E-state index in [4.69, 9.17) is 0 Å². The van der Waals surface area contributed by atoms with Gasteiger partial charge in [0.25, 0.3) is 5.91 Å². The third kappa shape index (κ3) is 2.44. The van der Waals surface area contributed by atoms with Gasteiger partial charge in [-0.25, -0.2) is 14.0 Å². The molecule has 1 unspecified atom stereocenters. The number of benzene rings is 1. The Hall–Kier alpha value is -2.77. The van der Waals surface area contributed by atoms with Crippen LogP contribution in [0.2, 0.25) is 0 Å². The number of carbonyl (C=O) groups excluding carboxylic acids is 1. The molecule has 1 saturated heterocycles. The van der Waals surface area contributed by atoms with Crippen molar-refractivity contribution in [3.05, 3.63) is 41.2 Å². The van der Waals surface area contributed by atoms with Crippen molar-refractivity contribution in [3.8, 4) is 0 Å². The van der Waals surface area contributed by atoms with Crippen molar-refractivity contribution in [2.75, 3.05) is 6.54 Å². The number of aromatic amines is 1. The number of hydrogen-bond acceptors (Lipinski definition) is 5. The number of halogens is 1. The number of carbonyl (C=O) groups is 1. The van der Waals surface area contributed by atoms with E-state index < -0.39 is 0 Å². The third-order valence-corrected chi connectivity index (χ3v) is 4.40. The Morgan fingerprint density at radius 3 is 3.04 bits per heavy atom. The summed E-state index contributed by atoms with van der Waals surface area (Å²) in [4.78, 5) is 22.2. The number of aromatic nitrogens is 4. The minimum Gasteiger partial charge on any atom is -0.340 e. The second kappa shape index (κ2) is 5.70. The summed E-state index contributed by atoms with van der Waals surface area (Å²) in [5, 5.41) is 7.39. The number of aryl methyl sites for hydroxylation is 1. The number of piperidine rings is 1. The maximum Gasteiger partial charge on any atom is 0.278 e. The predicted molar refractivity (Wildman–Crippen MR) is 82.7 cm³/mol. The van der Waals surface area contributed by atoms with Gasteiger partial charge < -0.3 is 9.88 Å². The fourth-order valence-electron chi connectivity index (χ4n) is 3.18. The van der Waals surface area contributed by atoms with Crippen LogP contribution < -0.4 is 0 Å². The number of amides is 1. The molecule has 0 radical (unpaired) electrons. The monoisotopic (exact) mass is 329 g/mol. The molecule has 4 rings (SSSR count). The van der Waals surface area contributed by atoms with Crippen LogP contribution >= 0.6 is 0 Å². The van der Waals surface area contributed by atoms with Crippen molar-refractivity contribution in [1.29, 1.82) is 0 Å². The lowest BCUT2D eigenvalue weighted by Crippen LogP contribution is -2.39. The van der Waals surface area contributed by atoms with Gasteiger partial charge in [0, 0.05) is 6.54 Å². The van der Waals surface area contributed by atoms with Crippen LogP contribution in [0, 0.1) is 12.7 Å². The molecule has 1 N–H and O–H groups in total. The van der Waals surface area contributed by atoms with Gasteiger partial charge in [-0.05, 0) is 49.5 Å². The zero-order chi connectivity index (χ0) is 16.7. The molecule has 2 aromatic heterocycles. The molecular formula is C16H16FN5O2. The topological polar surface area (TPSA) is 87.9 Å². The highest BCUT2D eigenvalue weighted by Gasteiger charge is 2.33. The number of likely N-dealkylation sites (tertiary alicyclic amines) is 1. The summed E-state index contributed by atoms with van der Waals surface area (Å²) in [5.74, 6) is 0.126. The fourth-order valence-corrected chi connectivity index (χ4v) is 3.18. The molecule has 1 aromatic carbocycles. The highest BCUT2D eigenvalue weighted by molar-refractivity contribution is 5.93. The molecule has 3 heterocycles. The standard InChI is InChI=1S/C16H16FN5O2/c1-9-14(21-24-20-9)16(23)22-7-3-2-4-13(22)15-18-11-6-5-10(17)8-12(11)19-15/h5-6,8,13H,2-4,7H2,1H3,(H,18,19). The van der Waals surface area contributed by atoms with E-state index in [1.54, 1.807) is 17.9 Å². The Morgan fingerprint density at radius 2 is 2.25 bits per heavy atom. The van der Waals surface area contributed by atoms with Gasteiger partial charge in [0.1, 0.15) is 17.3 Å². The molecule has 1 amide bonds. The minimum atomic E-state index is -0.321. The van der Waals surface area contributed by atoms with Crippen molar-refractivity contribution in [2.24, 2.45) is 0 Å². The summed E-state index contributed by atoms with van der Waals surface area (Å²) < 4.78 is 18.0. The Labute approximate surface area is 136 Å². The van der Waals surface area contributed by atoms with E-state index in [1.165, 1.54) is 12.1 Å². The lowest BCUT2D eigenvalue weighted by atomic mass is 10.0. The SMILES string of the molecule is Cc1nonc1C(=O)N1CCCCC1c1nc2ccc(F)cc2[nH]1. The van der Waals surface area contributed by atoms with E-state index in [0.29, 0.717) is 29.1 Å². The number of H-pyrrole nitrogens is 1. The van der Waals surface area contributed by atoms with Gasteiger partial charge in [-0.3, -0.25) is 4.79 Å². The first-order chi connectivity index (χ1) is 11.6. The van der Waals surface area contributed by atoms with Crippen LogP contribution in [-0.4, -0.2) is 37.6 Å². The van der Waals surface area contributed by atoms with Crippen LogP contribution in [0.5, 0.6) is 0 Å². The molecule has 1 aliphatic rings. The minimum absolute atomic E-state index is 0.196. The summed E-state index contributed by atoms with van der Waals surface area (Å²) in [6.07, 6.45) is 2.70. The lowest BCUT2D eigenvalue weighted by molar-refractivity contribution is 0.0589. The first kappa shape index (κ1) is 14.8. The van der Waals surface area contributed by atoms with Gasteiger partial charge in [0.05, 0.1) is 17.1 Å². The quantitative estimate of drug-likeness (QED) is 0.781. The average Bonchev–Trinajstić information content (AvgIpc) is 3.19. The van der Waals surface area contributed by atoms with Gasteiger partial charge in [0.15, 0.2) is 5.69 Å². The van der Waals surface area contributed by atoms with E-state index in [2.05, 4.69) is 24.9 Å². The Bertz CT molecular complexity index is 903. The second-order valence-electron chi connectivity index (χ2n) is 5.99. The van der Waals surface area contributed by atoms with Crippen molar-refractivity contribution >= 4 is 16.9 Å². The van der Waals surface area contributed by atoms with Crippen LogP contribution in [0.25, 0.3) is 11.0 Å². The summed E-state index contributed by atoms with van der Waals surface area (Å²) >= 11 is 0. The maximum atomic E-state index is 13.4. The number of nitrogens with zero attached hydrogens (tertiary/aromatic N) is 4. The van der Waals surface area contributed by atoms with Crippen molar-refractivity contribution in [2.45, 2.75) is 32.2 Å². The smallest absolute Gasteiger partial charge is 0.278 e. The van der Waals surface area contributed by atoms with E-state index in [9.17, 15) is 9.18 Å². The van der Waals surface area contributed by atoms with E-state index in [1.807, 2.05) is 0 Å². The van der Waals surface area contributed by atoms with Crippen molar-refractivity contribution in [3.63, 3.8) is 0 Å². The maximum absolute atomic E-state index is 13.4. The van der Waals surface area contributed by atoms with Gasteiger partial charge in [-0.15, -0.1) is 0 Å². The van der Waals surface area contributed by atoms with E-state index in [-0.39, 0.29) is 23.5 Å². The lowest BCUT2D eigenvalue weighted by Gasteiger charge is -2.34. The average molecular weight is 329 g/mol. The Kier molecular flexibility index (Phi) is 3.51. The van der Waals surface area contributed by atoms with Crippen LogP contribution in [0.1, 0.15) is 47.3 Å². The number of imidazole rings is 1. The summed E-state index contributed by atoms with van der Waals surface area (Å²) in [5.41, 5.74) is 2.01. The van der Waals surface area contributed by atoms with Gasteiger partial charge in [-0.2, -0.15) is 0 Å². The summed E-state index contributed by atoms with van der Waals surface area (Å²) in [6.45, 7) is 2.30. The number of fused-ring (bicyclic) bond motifs is 1. The predicted octanol–water partition coefficient (Wildman–Crippen LogP) is 2.76. The van der Waals surface area contributed by atoms with Gasteiger partial charge in [0.2, 0.25) is 0 Å². The molecule has 0 bridgehead atoms. The summed E-state index contributed by atoms with van der Waals surface area (Å²) in [7, 11) is 0. The molecule has 124 valence electrons. The molecule has 1 atom stereocenters. The number of rotatable bonds is 2. The molecule has 8 heteroatoms. The van der Waals surface area contributed by atoms with Crippen LogP contribution in [0.3, 0.4) is 0 Å². The van der Waals surface area contributed by atoms with Crippen LogP contribution in [0.4, 0.5) is 4.39 Å². The van der Waals surface area contributed by atoms with E-state index >= 15 is 0 Å². The highest BCUT2D eigenvalue weighted by Crippen LogP contribution is 2.31. The van der Waals surface area contributed by atoms with Crippen LogP contribution in [-0.2, 0) is 0 Å². The van der Waals surface area contributed by atoms with E-state index in [0.717, 1.165) is 19.3 Å². The van der Waals surface area contributed by atoms with Crippen LogP contribution in [0.15, 0.2) is 22.8 Å². The molecule has 0 saturated carbocycles.